The molecule has 3 rings (SSSR count). The van der Waals surface area contributed by atoms with Crippen LogP contribution in [0.1, 0.15) is 37.3 Å². The average molecular weight is 419 g/mol. The Balaban J connectivity index is 1.41. The Bertz CT molecular complexity index is 629. The highest BCUT2D eigenvalue weighted by molar-refractivity contribution is 5.79. The van der Waals surface area contributed by atoms with Crippen LogP contribution in [0.4, 0.5) is 0 Å². The lowest BCUT2D eigenvalue weighted by molar-refractivity contribution is -0.0390. The second-order valence-electron chi connectivity index (χ2n) is 7.87. The van der Waals surface area contributed by atoms with Crippen molar-refractivity contribution >= 4 is 5.96 Å². The minimum absolute atomic E-state index is 0.322. The van der Waals surface area contributed by atoms with Crippen molar-refractivity contribution < 1.29 is 14.2 Å². The van der Waals surface area contributed by atoms with E-state index in [0.29, 0.717) is 19.3 Å². The van der Waals surface area contributed by atoms with Gasteiger partial charge in [0.15, 0.2) is 5.96 Å². The molecule has 0 bridgehead atoms. The van der Waals surface area contributed by atoms with Gasteiger partial charge >= 0.3 is 0 Å². The molecule has 168 valence electrons. The normalized spacial score (nSPS) is 19.0. The van der Waals surface area contributed by atoms with Crippen molar-refractivity contribution in [3.8, 4) is 0 Å². The molecule has 2 N–H and O–H groups in total. The first-order valence-electron chi connectivity index (χ1n) is 11.4. The van der Waals surface area contributed by atoms with Crippen molar-refractivity contribution in [2.45, 2.75) is 45.4 Å². The van der Waals surface area contributed by atoms with Crippen LogP contribution in [0.2, 0.25) is 0 Å². The molecule has 2 fully saturated rings. The number of rotatable bonds is 10. The van der Waals surface area contributed by atoms with Gasteiger partial charge in [0.05, 0.1) is 32.5 Å². The molecule has 2 aliphatic rings. The SMILES string of the molecule is CCNC(=NCc1cccc(COC2CCOCC2)c1)NCCCN1CCOCC1. The van der Waals surface area contributed by atoms with Crippen molar-refractivity contribution in [2.24, 2.45) is 4.99 Å². The zero-order valence-electron chi connectivity index (χ0n) is 18.4. The summed E-state index contributed by atoms with van der Waals surface area (Å²) in [7, 11) is 0. The third kappa shape index (κ3) is 8.60. The van der Waals surface area contributed by atoms with Crippen LogP contribution in [-0.4, -0.2) is 76.1 Å². The van der Waals surface area contributed by atoms with E-state index in [2.05, 4.69) is 46.7 Å². The van der Waals surface area contributed by atoms with Crippen LogP contribution in [0.25, 0.3) is 0 Å². The molecular formula is C23H38N4O3. The van der Waals surface area contributed by atoms with Crippen molar-refractivity contribution in [3.05, 3.63) is 35.4 Å². The van der Waals surface area contributed by atoms with E-state index in [-0.39, 0.29) is 0 Å². The van der Waals surface area contributed by atoms with E-state index < -0.39 is 0 Å². The molecule has 2 saturated heterocycles. The van der Waals surface area contributed by atoms with E-state index in [9.17, 15) is 0 Å². The smallest absolute Gasteiger partial charge is 0.191 e. The van der Waals surface area contributed by atoms with Gasteiger partial charge < -0.3 is 24.8 Å². The highest BCUT2D eigenvalue weighted by Crippen LogP contribution is 2.14. The molecule has 7 nitrogen and oxygen atoms in total. The average Bonchev–Trinajstić information content (AvgIpc) is 2.80. The molecule has 0 atom stereocenters. The minimum Gasteiger partial charge on any atom is -0.381 e. The molecule has 0 amide bonds. The van der Waals surface area contributed by atoms with Gasteiger partial charge in [-0.05, 0) is 43.9 Å². The maximum absolute atomic E-state index is 6.05. The van der Waals surface area contributed by atoms with Crippen LogP contribution in [-0.2, 0) is 27.4 Å². The lowest BCUT2D eigenvalue weighted by Gasteiger charge is -2.26. The molecule has 2 heterocycles. The van der Waals surface area contributed by atoms with Gasteiger partial charge in [0, 0.05) is 39.4 Å². The predicted octanol–water partition coefficient (Wildman–Crippen LogP) is 2.16. The van der Waals surface area contributed by atoms with Gasteiger partial charge in [-0.3, -0.25) is 4.90 Å². The first kappa shape index (κ1) is 23.0. The Morgan fingerprint density at radius 3 is 2.67 bits per heavy atom. The van der Waals surface area contributed by atoms with E-state index in [1.165, 1.54) is 11.1 Å². The number of hydrogen-bond donors (Lipinski definition) is 2. The maximum atomic E-state index is 6.05. The summed E-state index contributed by atoms with van der Waals surface area (Å²) < 4.78 is 16.9. The summed E-state index contributed by atoms with van der Waals surface area (Å²) in [5.74, 6) is 0.878. The third-order valence-corrected chi connectivity index (χ3v) is 5.46. The Labute approximate surface area is 181 Å². The largest absolute Gasteiger partial charge is 0.381 e. The molecule has 1 aromatic rings. The van der Waals surface area contributed by atoms with Crippen molar-refractivity contribution in [1.82, 2.24) is 15.5 Å². The number of nitrogens with one attached hydrogen (secondary N) is 2. The summed E-state index contributed by atoms with van der Waals surface area (Å²) in [5.41, 5.74) is 2.41. The second kappa shape index (κ2) is 13.6. The van der Waals surface area contributed by atoms with Gasteiger partial charge in [0.2, 0.25) is 0 Å². The monoisotopic (exact) mass is 418 g/mol. The Morgan fingerprint density at radius 1 is 1.10 bits per heavy atom. The number of guanidine groups is 1. The lowest BCUT2D eigenvalue weighted by Crippen LogP contribution is -2.40. The molecule has 0 aromatic heterocycles. The molecule has 0 spiro atoms. The lowest BCUT2D eigenvalue weighted by atomic mass is 10.1. The zero-order valence-corrected chi connectivity index (χ0v) is 18.4. The van der Waals surface area contributed by atoms with Gasteiger partial charge in [0.1, 0.15) is 0 Å². The van der Waals surface area contributed by atoms with Crippen LogP contribution in [0.5, 0.6) is 0 Å². The first-order valence-corrected chi connectivity index (χ1v) is 11.4. The van der Waals surface area contributed by atoms with Gasteiger partial charge in [-0.15, -0.1) is 0 Å². The number of benzene rings is 1. The highest BCUT2D eigenvalue weighted by atomic mass is 16.5. The third-order valence-electron chi connectivity index (χ3n) is 5.46. The molecule has 1 aromatic carbocycles. The fourth-order valence-electron chi connectivity index (χ4n) is 3.72. The predicted molar refractivity (Wildman–Crippen MR) is 120 cm³/mol. The number of morpholine rings is 1. The van der Waals surface area contributed by atoms with Gasteiger partial charge in [-0.2, -0.15) is 0 Å². The highest BCUT2D eigenvalue weighted by Gasteiger charge is 2.14. The van der Waals surface area contributed by atoms with Crippen molar-refractivity contribution in [1.29, 1.82) is 0 Å². The molecule has 30 heavy (non-hydrogen) atoms. The van der Waals surface area contributed by atoms with Gasteiger partial charge in [-0.1, -0.05) is 24.3 Å². The van der Waals surface area contributed by atoms with Crippen LogP contribution < -0.4 is 10.6 Å². The van der Waals surface area contributed by atoms with Crippen LogP contribution in [0.15, 0.2) is 29.3 Å². The van der Waals surface area contributed by atoms with E-state index >= 15 is 0 Å². The molecule has 0 saturated carbocycles. The van der Waals surface area contributed by atoms with Crippen LogP contribution in [0.3, 0.4) is 0 Å². The summed E-state index contributed by atoms with van der Waals surface area (Å²) >= 11 is 0. The summed E-state index contributed by atoms with van der Waals surface area (Å²) in [6.07, 6.45) is 3.41. The summed E-state index contributed by atoms with van der Waals surface area (Å²) in [6.45, 7) is 11.7. The molecule has 0 radical (unpaired) electrons. The number of ether oxygens (including phenoxy) is 3. The van der Waals surface area contributed by atoms with E-state index in [4.69, 9.17) is 19.2 Å². The fraction of sp³-hybridized carbons (Fsp3) is 0.696. The van der Waals surface area contributed by atoms with E-state index in [1.807, 2.05) is 0 Å². The standard InChI is InChI=1S/C23H38N4O3/c1-2-24-23(25-9-4-10-27-11-15-29-16-12-27)26-18-20-5-3-6-21(17-20)19-30-22-7-13-28-14-8-22/h3,5-6,17,22H,2,4,7-16,18-19H2,1H3,(H2,24,25,26). The number of aliphatic imine (C=N–C) groups is 1. The second-order valence-corrected chi connectivity index (χ2v) is 7.87. The molecule has 2 aliphatic heterocycles. The topological polar surface area (TPSA) is 67.4 Å². The zero-order chi connectivity index (χ0) is 20.9. The quantitative estimate of drug-likeness (QED) is 0.345. The van der Waals surface area contributed by atoms with Crippen LogP contribution >= 0.6 is 0 Å². The molecule has 0 unspecified atom stereocenters. The Hall–Kier alpha value is -1.67. The summed E-state index contributed by atoms with van der Waals surface area (Å²) in [6, 6.07) is 8.55. The van der Waals surface area contributed by atoms with E-state index in [0.717, 1.165) is 84.4 Å². The van der Waals surface area contributed by atoms with Gasteiger partial charge in [-0.25, -0.2) is 4.99 Å². The van der Waals surface area contributed by atoms with Crippen molar-refractivity contribution in [3.63, 3.8) is 0 Å². The van der Waals surface area contributed by atoms with Gasteiger partial charge in [0.25, 0.3) is 0 Å². The number of nitrogens with zero attached hydrogens (tertiary/aromatic N) is 2. The van der Waals surface area contributed by atoms with Crippen molar-refractivity contribution in [2.75, 3.05) is 59.2 Å². The maximum Gasteiger partial charge on any atom is 0.191 e. The first-order chi connectivity index (χ1) is 14.8. The summed E-state index contributed by atoms with van der Waals surface area (Å²) in [5, 5.41) is 6.80. The van der Waals surface area contributed by atoms with Crippen LogP contribution in [0, 0.1) is 0 Å². The Kier molecular flexibility index (Phi) is 10.4. The minimum atomic E-state index is 0.322. The van der Waals surface area contributed by atoms with E-state index in [1.54, 1.807) is 0 Å². The molecular weight excluding hydrogens is 380 g/mol. The molecule has 0 aliphatic carbocycles. The summed E-state index contributed by atoms with van der Waals surface area (Å²) in [4.78, 5) is 7.22. The fourth-order valence-corrected chi connectivity index (χ4v) is 3.72. The number of hydrogen-bond acceptors (Lipinski definition) is 5. The Morgan fingerprint density at radius 2 is 1.87 bits per heavy atom. The molecule has 7 heteroatoms.